The number of carbonyl (C=O) groups is 1. The first kappa shape index (κ1) is 20.5. The van der Waals surface area contributed by atoms with Gasteiger partial charge >= 0.3 is 0 Å². The van der Waals surface area contributed by atoms with E-state index in [1.807, 2.05) is 38.2 Å². The average molecular weight is 419 g/mol. The second kappa shape index (κ2) is 8.91. The average Bonchev–Trinajstić information content (AvgIpc) is 3.40. The van der Waals surface area contributed by atoms with Crippen LogP contribution in [-0.2, 0) is 18.3 Å². The summed E-state index contributed by atoms with van der Waals surface area (Å²) in [6.07, 6.45) is 3.85. The molecule has 2 heterocycles. The zero-order chi connectivity index (χ0) is 21.8. The molecule has 0 fully saturated rings. The van der Waals surface area contributed by atoms with Gasteiger partial charge in [0.1, 0.15) is 17.7 Å². The predicted octanol–water partition coefficient (Wildman–Crippen LogP) is 3.76. The van der Waals surface area contributed by atoms with Crippen LogP contribution in [0.5, 0.6) is 0 Å². The highest BCUT2D eigenvalue weighted by Gasteiger charge is 2.21. The van der Waals surface area contributed by atoms with Crippen LogP contribution in [0.25, 0.3) is 11.5 Å². The van der Waals surface area contributed by atoms with Crippen LogP contribution in [0, 0.1) is 12.7 Å². The number of hydrogen-bond acceptors (Lipinski definition) is 5. The lowest BCUT2D eigenvalue weighted by atomic mass is 10.1. The number of aryl methyl sites for hydroxylation is 3. The third-order valence-electron chi connectivity index (χ3n) is 4.94. The van der Waals surface area contributed by atoms with E-state index in [2.05, 4.69) is 20.5 Å². The highest BCUT2D eigenvalue weighted by molar-refractivity contribution is 5.77. The summed E-state index contributed by atoms with van der Waals surface area (Å²) in [5.74, 6) is 0.803. The van der Waals surface area contributed by atoms with Crippen LogP contribution in [-0.4, -0.2) is 25.7 Å². The van der Waals surface area contributed by atoms with Gasteiger partial charge in [0.25, 0.3) is 0 Å². The van der Waals surface area contributed by atoms with E-state index in [0.717, 1.165) is 11.1 Å². The Labute approximate surface area is 179 Å². The van der Waals surface area contributed by atoms with Crippen molar-refractivity contribution >= 4 is 5.91 Å². The fourth-order valence-corrected chi connectivity index (χ4v) is 3.26. The van der Waals surface area contributed by atoms with Gasteiger partial charge in [-0.25, -0.2) is 9.37 Å². The van der Waals surface area contributed by atoms with E-state index < -0.39 is 6.04 Å². The van der Waals surface area contributed by atoms with Gasteiger partial charge in [0, 0.05) is 37.8 Å². The quantitative estimate of drug-likeness (QED) is 0.493. The summed E-state index contributed by atoms with van der Waals surface area (Å²) in [6, 6.07) is 13.3. The Morgan fingerprint density at radius 3 is 2.71 bits per heavy atom. The number of aromatic nitrogens is 4. The van der Waals surface area contributed by atoms with Crippen molar-refractivity contribution < 1.29 is 13.6 Å². The van der Waals surface area contributed by atoms with Gasteiger partial charge in [0.2, 0.25) is 17.7 Å². The number of hydrogen-bond donors (Lipinski definition) is 1. The molecule has 0 aliphatic heterocycles. The highest BCUT2D eigenvalue weighted by atomic mass is 19.1. The highest BCUT2D eigenvalue weighted by Crippen LogP contribution is 2.22. The minimum atomic E-state index is -0.575. The van der Waals surface area contributed by atoms with E-state index in [1.165, 1.54) is 12.1 Å². The van der Waals surface area contributed by atoms with Gasteiger partial charge in [-0.2, -0.15) is 0 Å². The second-order valence-electron chi connectivity index (χ2n) is 7.32. The molecule has 2 aromatic heterocycles. The maximum Gasteiger partial charge on any atom is 0.247 e. The van der Waals surface area contributed by atoms with Crippen LogP contribution < -0.4 is 5.32 Å². The normalized spacial score (nSPS) is 12.0. The lowest BCUT2D eigenvalue weighted by Gasteiger charge is -2.19. The molecular formula is C23H22FN5O2. The van der Waals surface area contributed by atoms with Gasteiger partial charge in [-0.05, 0) is 36.8 Å². The Kier molecular flexibility index (Phi) is 5.88. The van der Waals surface area contributed by atoms with Crippen molar-refractivity contribution in [1.29, 1.82) is 0 Å². The minimum Gasteiger partial charge on any atom is -0.421 e. The Hall–Kier alpha value is -3.81. The molecule has 1 unspecified atom stereocenters. The van der Waals surface area contributed by atoms with Crippen LogP contribution in [0.4, 0.5) is 4.39 Å². The molecule has 0 radical (unpaired) electrons. The van der Waals surface area contributed by atoms with Gasteiger partial charge in [-0.1, -0.05) is 29.8 Å². The summed E-state index contributed by atoms with van der Waals surface area (Å²) in [7, 11) is 1.83. The van der Waals surface area contributed by atoms with Crippen LogP contribution >= 0.6 is 0 Å². The zero-order valence-electron chi connectivity index (χ0n) is 17.2. The van der Waals surface area contributed by atoms with Crippen molar-refractivity contribution in [3.05, 3.63) is 89.6 Å². The molecule has 2 aromatic carbocycles. The summed E-state index contributed by atoms with van der Waals surface area (Å²) in [4.78, 5) is 17.0. The number of nitrogens with zero attached hydrogens (tertiary/aromatic N) is 4. The molecule has 31 heavy (non-hydrogen) atoms. The monoisotopic (exact) mass is 419 g/mol. The number of benzene rings is 2. The SMILES string of the molecule is Cc1ccc(-c2nnc(CCC(=O)NC(c3cccc(F)c3)c3nccn3C)o2)cc1. The summed E-state index contributed by atoms with van der Waals surface area (Å²) in [6.45, 7) is 2.00. The van der Waals surface area contributed by atoms with E-state index in [9.17, 15) is 9.18 Å². The summed E-state index contributed by atoms with van der Waals surface area (Å²) >= 11 is 0. The first-order chi connectivity index (χ1) is 15.0. The topological polar surface area (TPSA) is 85.8 Å². The maximum absolute atomic E-state index is 13.8. The van der Waals surface area contributed by atoms with Crippen molar-refractivity contribution in [3.8, 4) is 11.5 Å². The summed E-state index contributed by atoms with van der Waals surface area (Å²) < 4.78 is 21.3. The van der Waals surface area contributed by atoms with Gasteiger partial charge < -0.3 is 14.3 Å². The number of halogens is 1. The smallest absolute Gasteiger partial charge is 0.247 e. The van der Waals surface area contributed by atoms with E-state index in [4.69, 9.17) is 4.42 Å². The molecule has 0 aliphatic carbocycles. The van der Waals surface area contributed by atoms with Crippen molar-refractivity contribution in [1.82, 2.24) is 25.1 Å². The molecule has 4 aromatic rings. The van der Waals surface area contributed by atoms with Gasteiger partial charge in [0.15, 0.2) is 0 Å². The Balaban J connectivity index is 1.44. The predicted molar refractivity (Wildman–Crippen MR) is 112 cm³/mol. The Morgan fingerprint density at radius 1 is 1.19 bits per heavy atom. The van der Waals surface area contributed by atoms with Crippen LogP contribution in [0.2, 0.25) is 0 Å². The van der Waals surface area contributed by atoms with Gasteiger partial charge in [-0.15, -0.1) is 10.2 Å². The fraction of sp³-hybridized carbons (Fsp3) is 0.217. The maximum atomic E-state index is 13.8. The van der Waals surface area contributed by atoms with Gasteiger partial charge in [0.05, 0.1) is 0 Å². The second-order valence-corrected chi connectivity index (χ2v) is 7.32. The standard InChI is InChI=1S/C23H22FN5O2/c1-15-6-8-16(9-7-15)23-28-27-20(31-23)11-10-19(30)26-21(22-25-12-13-29(22)2)17-4-3-5-18(24)14-17/h3-9,12-14,21H,10-11H2,1-2H3,(H,26,30). The van der Waals surface area contributed by atoms with Crippen LogP contribution in [0.1, 0.15) is 35.3 Å². The van der Waals surface area contributed by atoms with E-state index in [-0.39, 0.29) is 18.1 Å². The number of rotatable bonds is 7. The number of nitrogens with one attached hydrogen (secondary N) is 1. The lowest BCUT2D eigenvalue weighted by Crippen LogP contribution is -2.31. The zero-order valence-corrected chi connectivity index (χ0v) is 17.2. The first-order valence-corrected chi connectivity index (χ1v) is 9.91. The minimum absolute atomic E-state index is 0.145. The molecular weight excluding hydrogens is 397 g/mol. The Bertz CT molecular complexity index is 1180. The number of carbonyl (C=O) groups excluding carboxylic acids is 1. The Morgan fingerprint density at radius 2 is 2.00 bits per heavy atom. The molecule has 0 aliphatic rings. The lowest BCUT2D eigenvalue weighted by molar-refractivity contribution is -0.121. The molecule has 1 N–H and O–H groups in total. The van der Waals surface area contributed by atoms with Crippen molar-refractivity contribution in [2.75, 3.05) is 0 Å². The molecule has 1 amide bonds. The molecule has 4 rings (SSSR count). The fourth-order valence-electron chi connectivity index (χ4n) is 3.26. The molecule has 0 saturated heterocycles. The van der Waals surface area contributed by atoms with E-state index in [1.54, 1.807) is 29.1 Å². The third kappa shape index (κ3) is 4.85. The molecule has 1 atom stereocenters. The summed E-state index contributed by atoms with van der Waals surface area (Å²) in [5.41, 5.74) is 2.58. The van der Waals surface area contributed by atoms with Crippen LogP contribution in [0.3, 0.4) is 0 Å². The van der Waals surface area contributed by atoms with Gasteiger partial charge in [-0.3, -0.25) is 4.79 Å². The molecule has 7 nitrogen and oxygen atoms in total. The summed E-state index contributed by atoms with van der Waals surface area (Å²) in [5, 5.41) is 11.0. The van der Waals surface area contributed by atoms with Crippen molar-refractivity contribution in [2.24, 2.45) is 7.05 Å². The molecule has 0 saturated carbocycles. The van der Waals surface area contributed by atoms with Crippen LogP contribution in [0.15, 0.2) is 65.3 Å². The molecule has 158 valence electrons. The first-order valence-electron chi connectivity index (χ1n) is 9.91. The third-order valence-corrected chi connectivity index (χ3v) is 4.94. The largest absolute Gasteiger partial charge is 0.421 e. The van der Waals surface area contributed by atoms with Crippen molar-refractivity contribution in [2.45, 2.75) is 25.8 Å². The van der Waals surface area contributed by atoms with E-state index >= 15 is 0 Å². The number of amides is 1. The molecule has 0 spiro atoms. The van der Waals surface area contributed by atoms with E-state index in [0.29, 0.717) is 29.6 Å². The van der Waals surface area contributed by atoms with Crippen molar-refractivity contribution in [3.63, 3.8) is 0 Å². The number of imidazole rings is 1. The molecule has 0 bridgehead atoms. The molecule has 8 heteroatoms.